The highest BCUT2D eigenvalue weighted by Gasteiger charge is 2.35. The van der Waals surface area contributed by atoms with Gasteiger partial charge in [0.05, 0.1) is 11.4 Å². The lowest BCUT2D eigenvalue weighted by Crippen LogP contribution is -2.27. The minimum Gasteiger partial charge on any atom is -0.489 e. The van der Waals surface area contributed by atoms with Crippen molar-refractivity contribution < 1.29 is 14.3 Å². The van der Waals surface area contributed by atoms with Crippen LogP contribution in [0.4, 0.5) is 4.79 Å². The van der Waals surface area contributed by atoms with E-state index < -0.39 is 0 Å². The predicted molar refractivity (Wildman–Crippen MR) is 125 cm³/mol. The smallest absolute Gasteiger partial charge is 0.293 e. The molecule has 6 heteroatoms. The Morgan fingerprint density at radius 2 is 1.77 bits per heavy atom. The van der Waals surface area contributed by atoms with Crippen LogP contribution in [-0.2, 0) is 17.9 Å². The lowest BCUT2D eigenvalue weighted by atomic mass is 10.1. The standard InChI is InChI=1S/C25H20ClNO3S/c1-17-5-4-6-19(13-17)16-30-21-11-9-18(10-12-21)14-23-24(28)27(25(29)31-23)15-20-7-2-3-8-22(20)26/h2-14H,15-16H2,1H3/b23-14-. The average Bonchev–Trinajstić information content (AvgIpc) is 3.02. The predicted octanol–water partition coefficient (Wildman–Crippen LogP) is 6.46. The van der Waals surface area contributed by atoms with Crippen LogP contribution in [0, 0.1) is 6.92 Å². The number of carbonyl (C=O) groups excluding carboxylic acids is 2. The van der Waals surface area contributed by atoms with Gasteiger partial charge in [-0.25, -0.2) is 0 Å². The van der Waals surface area contributed by atoms with Gasteiger partial charge in [0, 0.05) is 5.02 Å². The van der Waals surface area contributed by atoms with E-state index in [2.05, 4.69) is 19.1 Å². The molecule has 1 fully saturated rings. The molecule has 1 heterocycles. The first kappa shape index (κ1) is 21.2. The Balaban J connectivity index is 1.42. The molecule has 156 valence electrons. The number of halogens is 1. The van der Waals surface area contributed by atoms with Crippen molar-refractivity contribution in [2.24, 2.45) is 0 Å². The van der Waals surface area contributed by atoms with Gasteiger partial charge in [0.1, 0.15) is 12.4 Å². The number of ether oxygens (including phenoxy) is 1. The van der Waals surface area contributed by atoms with Gasteiger partial charge in [0.2, 0.25) is 0 Å². The maximum absolute atomic E-state index is 12.7. The second kappa shape index (κ2) is 9.41. The number of rotatable bonds is 6. The number of aryl methyl sites for hydroxylation is 1. The van der Waals surface area contributed by atoms with E-state index >= 15 is 0 Å². The molecule has 0 aliphatic carbocycles. The van der Waals surface area contributed by atoms with Gasteiger partial charge >= 0.3 is 0 Å². The van der Waals surface area contributed by atoms with Crippen molar-refractivity contribution >= 4 is 40.6 Å². The molecule has 0 radical (unpaired) electrons. The molecule has 2 amide bonds. The summed E-state index contributed by atoms with van der Waals surface area (Å²) in [5.74, 6) is 0.431. The van der Waals surface area contributed by atoms with Gasteiger partial charge in [-0.15, -0.1) is 0 Å². The summed E-state index contributed by atoms with van der Waals surface area (Å²) in [5, 5.41) is 0.237. The summed E-state index contributed by atoms with van der Waals surface area (Å²) in [6, 6.07) is 22.8. The van der Waals surface area contributed by atoms with Crippen molar-refractivity contribution in [2.45, 2.75) is 20.1 Å². The van der Waals surface area contributed by atoms with Crippen LogP contribution in [0.1, 0.15) is 22.3 Å². The molecule has 1 saturated heterocycles. The summed E-state index contributed by atoms with van der Waals surface area (Å²) < 4.78 is 5.84. The van der Waals surface area contributed by atoms with Crippen LogP contribution in [0.2, 0.25) is 5.02 Å². The molecule has 1 aliphatic rings. The van der Waals surface area contributed by atoms with Gasteiger partial charge < -0.3 is 4.74 Å². The SMILES string of the molecule is Cc1cccc(COc2ccc(/C=C3\SC(=O)N(Cc4ccccc4Cl)C3=O)cc2)c1. The van der Waals surface area contributed by atoms with Gasteiger partial charge in [-0.1, -0.05) is 71.8 Å². The van der Waals surface area contributed by atoms with E-state index in [4.69, 9.17) is 16.3 Å². The molecule has 0 atom stereocenters. The highest BCUT2D eigenvalue weighted by atomic mass is 35.5. The molecule has 0 unspecified atom stereocenters. The molecular weight excluding hydrogens is 430 g/mol. The van der Waals surface area contributed by atoms with Crippen LogP contribution in [-0.4, -0.2) is 16.0 Å². The molecule has 0 saturated carbocycles. The first-order valence-electron chi connectivity index (χ1n) is 9.77. The highest BCUT2D eigenvalue weighted by Crippen LogP contribution is 2.34. The fourth-order valence-corrected chi connectivity index (χ4v) is 4.25. The molecule has 0 spiro atoms. The molecule has 0 aromatic heterocycles. The Kier molecular flexibility index (Phi) is 6.44. The van der Waals surface area contributed by atoms with Crippen molar-refractivity contribution in [1.82, 2.24) is 4.90 Å². The van der Waals surface area contributed by atoms with E-state index in [0.29, 0.717) is 16.5 Å². The van der Waals surface area contributed by atoms with Crippen LogP contribution in [0.25, 0.3) is 6.08 Å². The zero-order valence-corrected chi connectivity index (χ0v) is 18.5. The number of thioether (sulfide) groups is 1. The van der Waals surface area contributed by atoms with Gasteiger partial charge in [-0.2, -0.15) is 0 Å². The van der Waals surface area contributed by atoms with E-state index in [-0.39, 0.29) is 17.7 Å². The van der Waals surface area contributed by atoms with E-state index in [1.54, 1.807) is 12.1 Å². The van der Waals surface area contributed by atoms with Gasteiger partial charge in [-0.05, 0) is 59.7 Å². The van der Waals surface area contributed by atoms with E-state index in [9.17, 15) is 9.59 Å². The van der Waals surface area contributed by atoms with Crippen LogP contribution >= 0.6 is 23.4 Å². The average molecular weight is 450 g/mol. The molecule has 0 bridgehead atoms. The van der Waals surface area contributed by atoms with Crippen molar-refractivity contribution in [2.75, 3.05) is 0 Å². The molecule has 0 N–H and O–H groups in total. The second-order valence-corrected chi connectivity index (χ2v) is 8.61. The first-order chi connectivity index (χ1) is 15.0. The lowest BCUT2D eigenvalue weighted by Gasteiger charge is -2.13. The third-order valence-corrected chi connectivity index (χ3v) is 6.10. The van der Waals surface area contributed by atoms with Crippen molar-refractivity contribution in [3.8, 4) is 5.75 Å². The third-order valence-electron chi connectivity index (χ3n) is 4.83. The maximum Gasteiger partial charge on any atom is 0.293 e. The molecule has 4 nitrogen and oxygen atoms in total. The summed E-state index contributed by atoms with van der Waals surface area (Å²) in [6.45, 7) is 2.70. The van der Waals surface area contributed by atoms with Crippen LogP contribution in [0.3, 0.4) is 0 Å². The van der Waals surface area contributed by atoms with Crippen molar-refractivity contribution in [3.63, 3.8) is 0 Å². The van der Waals surface area contributed by atoms with Crippen molar-refractivity contribution in [3.05, 3.63) is 105 Å². The number of amides is 2. The molecule has 1 aliphatic heterocycles. The third kappa shape index (κ3) is 5.19. The summed E-state index contributed by atoms with van der Waals surface area (Å²) in [6.07, 6.45) is 1.72. The molecule has 3 aromatic rings. The van der Waals surface area contributed by atoms with Crippen molar-refractivity contribution in [1.29, 1.82) is 0 Å². The molecular formula is C25H20ClNO3S. The molecule has 3 aromatic carbocycles. The number of benzene rings is 3. The van der Waals surface area contributed by atoms with Crippen LogP contribution in [0.15, 0.2) is 77.7 Å². The Hall–Kier alpha value is -3.02. The first-order valence-corrected chi connectivity index (χ1v) is 11.0. The minimum atomic E-state index is -0.310. The summed E-state index contributed by atoms with van der Waals surface area (Å²) in [4.78, 5) is 26.7. The summed E-state index contributed by atoms with van der Waals surface area (Å²) >= 11 is 7.11. The lowest BCUT2D eigenvalue weighted by molar-refractivity contribution is -0.123. The highest BCUT2D eigenvalue weighted by molar-refractivity contribution is 8.18. The monoisotopic (exact) mass is 449 g/mol. The number of hydrogen-bond acceptors (Lipinski definition) is 4. The Morgan fingerprint density at radius 3 is 2.52 bits per heavy atom. The summed E-state index contributed by atoms with van der Waals surface area (Å²) in [7, 11) is 0. The maximum atomic E-state index is 12.7. The fourth-order valence-electron chi connectivity index (χ4n) is 3.21. The Labute approximate surface area is 190 Å². The number of nitrogens with zero attached hydrogens (tertiary/aromatic N) is 1. The number of carbonyl (C=O) groups is 2. The molecule has 31 heavy (non-hydrogen) atoms. The van der Waals surface area contributed by atoms with Gasteiger partial charge in [-0.3, -0.25) is 14.5 Å². The van der Waals surface area contributed by atoms with Crippen LogP contribution in [0.5, 0.6) is 5.75 Å². The quantitative estimate of drug-likeness (QED) is 0.405. The minimum absolute atomic E-state index is 0.160. The molecule has 4 rings (SSSR count). The van der Waals surface area contributed by atoms with Gasteiger partial charge in [0.25, 0.3) is 11.1 Å². The Bertz CT molecular complexity index is 1160. The largest absolute Gasteiger partial charge is 0.489 e. The topological polar surface area (TPSA) is 46.6 Å². The van der Waals surface area contributed by atoms with E-state index in [1.165, 1.54) is 10.5 Å². The normalized spacial score (nSPS) is 15.0. The second-order valence-electron chi connectivity index (χ2n) is 7.21. The number of hydrogen-bond donors (Lipinski definition) is 0. The summed E-state index contributed by atoms with van der Waals surface area (Å²) in [5.41, 5.74) is 3.87. The van der Waals surface area contributed by atoms with E-state index in [0.717, 1.165) is 34.2 Å². The Morgan fingerprint density at radius 1 is 1.00 bits per heavy atom. The van der Waals surface area contributed by atoms with E-state index in [1.807, 2.05) is 54.6 Å². The number of imide groups is 1. The van der Waals surface area contributed by atoms with Gasteiger partial charge in [0.15, 0.2) is 0 Å². The fraction of sp³-hybridized carbons (Fsp3) is 0.120. The zero-order chi connectivity index (χ0) is 21.8. The zero-order valence-electron chi connectivity index (χ0n) is 16.9. The van der Waals surface area contributed by atoms with Crippen LogP contribution < -0.4 is 4.74 Å².